The molecule has 0 fully saturated rings. The second-order valence-corrected chi connectivity index (χ2v) is 8.21. The molecule has 10 heteroatoms. The summed E-state index contributed by atoms with van der Waals surface area (Å²) in [6, 6.07) is 16.1. The first-order valence-electron chi connectivity index (χ1n) is 10.2. The van der Waals surface area contributed by atoms with Gasteiger partial charge >= 0.3 is 11.9 Å². The van der Waals surface area contributed by atoms with Gasteiger partial charge in [-0.15, -0.1) is 0 Å². The van der Waals surface area contributed by atoms with Gasteiger partial charge in [-0.1, -0.05) is 45.0 Å². The molecule has 1 aromatic heterocycles. The van der Waals surface area contributed by atoms with Crippen LogP contribution in [0, 0.1) is 10.1 Å². The smallest absolute Gasteiger partial charge is 0.433 e. The lowest BCUT2D eigenvalue weighted by molar-refractivity contribution is -0.402. The van der Waals surface area contributed by atoms with E-state index in [0.717, 1.165) is 17.7 Å². The van der Waals surface area contributed by atoms with Gasteiger partial charge in [-0.25, -0.2) is 10.2 Å². The number of esters is 1. The molecule has 0 aliphatic heterocycles. The summed E-state index contributed by atoms with van der Waals surface area (Å²) in [4.78, 5) is 34.0. The van der Waals surface area contributed by atoms with Crippen LogP contribution in [0.4, 0.5) is 5.88 Å². The zero-order chi connectivity index (χ0) is 24.7. The topological polar surface area (TPSA) is 133 Å². The molecule has 3 aromatic rings. The molecule has 176 valence electrons. The molecule has 1 N–H and O–H groups in total. The molecular formula is C24H23N3O7. The summed E-state index contributed by atoms with van der Waals surface area (Å²) >= 11 is 0. The van der Waals surface area contributed by atoms with Crippen LogP contribution in [0.1, 0.15) is 42.5 Å². The minimum atomic E-state index is -0.886. The Morgan fingerprint density at radius 1 is 1.09 bits per heavy atom. The maximum atomic E-state index is 12.1. The van der Waals surface area contributed by atoms with Crippen molar-refractivity contribution in [3.8, 4) is 11.5 Å². The molecule has 0 spiro atoms. The Morgan fingerprint density at radius 2 is 1.82 bits per heavy atom. The lowest BCUT2D eigenvalue weighted by Crippen LogP contribution is -2.24. The number of amides is 1. The Morgan fingerprint density at radius 3 is 2.47 bits per heavy atom. The van der Waals surface area contributed by atoms with Crippen LogP contribution in [-0.2, 0) is 10.2 Å². The van der Waals surface area contributed by atoms with Crippen molar-refractivity contribution in [2.45, 2.75) is 26.2 Å². The molecule has 1 heterocycles. The normalized spacial score (nSPS) is 11.3. The second kappa shape index (κ2) is 10.4. The first-order chi connectivity index (χ1) is 16.1. The van der Waals surface area contributed by atoms with Crippen molar-refractivity contribution < 1.29 is 28.4 Å². The van der Waals surface area contributed by atoms with Gasteiger partial charge in [0, 0.05) is 0 Å². The first-order valence-corrected chi connectivity index (χ1v) is 10.2. The lowest BCUT2D eigenvalue weighted by atomic mass is 9.87. The molecule has 2 aromatic carbocycles. The average Bonchev–Trinajstić information content (AvgIpc) is 3.29. The highest BCUT2D eigenvalue weighted by Gasteiger charge is 2.19. The van der Waals surface area contributed by atoms with Gasteiger partial charge in [0.1, 0.15) is 16.4 Å². The van der Waals surface area contributed by atoms with Crippen LogP contribution in [0.15, 0.2) is 70.2 Å². The van der Waals surface area contributed by atoms with Gasteiger partial charge < -0.3 is 13.9 Å². The van der Waals surface area contributed by atoms with Gasteiger partial charge in [-0.3, -0.25) is 14.9 Å². The average molecular weight is 465 g/mol. The molecule has 0 bridgehead atoms. The number of ether oxygens (including phenoxy) is 2. The lowest BCUT2D eigenvalue weighted by Gasteiger charge is -2.19. The summed E-state index contributed by atoms with van der Waals surface area (Å²) in [7, 11) is 0. The van der Waals surface area contributed by atoms with Gasteiger partial charge in [0.2, 0.25) is 5.76 Å². The maximum Gasteiger partial charge on any atom is 0.433 e. The molecule has 0 radical (unpaired) electrons. The molecular weight excluding hydrogens is 442 g/mol. The highest BCUT2D eigenvalue weighted by atomic mass is 16.7. The van der Waals surface area contributed by atoms with Gasteiger partial charge in [0.25, 0.3) is 5.91 Å². The van der Waals surface area contributed by atoms with Crippen molar-refractivity contribution in [2.24, 2.45) is 5.10 Å². The van der Waals surface area contributed by atoms with Gasteiger partial charge in [0.15, 0.2) is 6.61 Å². The van der Waals surface area contributed by atoms with E-state index in [1.54, 1.807) is 12.1 Å². The number of benzene rings is 2. The zero-order valence-electron chi connectivity index (χ0n) is 18.8. The van der Waals surface area contributed by atoms with Crippen molar-refractivity contribution in [2.75, 3.05) is 6.61 Å². The van der Waals surface area contributed by atoms with Crippen LogP contribution in [0.25, 0.3) is 0 Å². The van der Waals surface area contributed by atoms with Gasteiger partial charge in [-0.2, -0.15) is 5.10 Å². The van der Waals surface area contributed by atoms with Crippen molar-refractivity contribution in [3.05, 3.63) is 87.7 Å². The Bertz CT molecular complexity index is 1210. The second-order valence-electron chi connectivity index (χ2n) is 8.21. The van der Waals surface area contributed by atoms with E-state index >= 15 is 0 Å². The summed E-state index contributed by atoms with van der Waals surface area (Å²) in [6.45, 7) is 6.13. The highest BCUT2D eigenvalue weighted by Crippen LogP contribution is 2.24. The van der Waals surface area contributed by atoms with E-state index < -0.39 is 22.7 Å². The van der Waals surface area contributed by atoms with Crippen LogP contribution in [0.2, 0.25) is 0 Å². The highest BCUT2D eigenvalue weighted by molar-refractivity contribution is 5.89. The number of nitrogens with zero attached hydrogens (tertiary/aromatic N) is 2. The first kappa shape index (κ1) is 24.2. The minimum Gasteiger partial charge on any atom is -0.484 e. The van der Waals surface area contributed by atoms with Crippen molar-refractivity contribution in [3.63, 3.8) is 0 Å². The molecule has 0 saturated carbocycles. The Labute approximate surface area is 195 Å². The molecule has 0 unspecified atom stereocenters. The van der Waals surface area contributed by atoms with Crippen molar-refractivity contribution in [1.82, 2.24) is 5.43 Å². The van der Waals surface area contributed by atoms with Crippen LogP contribution in [0.5, 0.6) is 11.5 Å². The number of carbonyl (C=O) groups is 2. The molecule has 10 nitrogen and oxygen atoms in total. The zero-order valence-corrected chi connectivity index (χ0v) is 18.8. The van der Waals surface area contributed by atoms with Crippen LogP contribution in [-0.4, -0.2) is 29.6 Å². The molecule has 0 aliphatic carbocycles. The number of nitrogens with one attached hydrogen (secondary N) is 1. The predicted molar refractivity (Wildman–Crippen MR) is 123 cm³/mol. The monoisotopic (exact) mass is 465 g/mol. The Hall–Kier alpha value is -4.47. The van der Waals surface area contributed by atoms with E-state index in [9.17, 15) is 19.7 Å². The Balaban J connectivity index is 1.49. The fourth-order valence-corrected chi connectivity index (χ4v) is 2.76. The van der Waals surface area contributed by atoms with E-state index in [2.05, 4.69) is 31.3 Å². The number of nitro groups is 1. The van der Waals surface area contributed by atoms with Crippen LogP contribution in [0.3, 0.4) is 0 Å². The molecule has 0 aliphatic rings. The van der Waals surface area contributed by atoms with Gasteiger partial charge in [0.05, 0.1) is 12.3 Å². The molecule has 0 saturated heterocycles. The molecule has 3 rings (SSSR count). The fraction of sp³-hybridized carbons (Fsp3) is 0.208. The van der Waals surface area contributed by atoms with Crippen LogP contribution >= 0.6 is 0 Å². The van der Waals surface area contributed by atoms with Crippen molar-refractivity contribution >= 4 is 24.0 Å². The molecule has 0 atom stereocenters. The third-order valence-corrected chi connectivity index (χ3v) is 4.53. The number of hydrogen-bond donors (Lipinski definition) is 1. The summed E-state index contributed by atoms with van der Waals surface area (Å²) < 4.78 is 15.4. The third-order valence-electron chi connectivity index (χ3n) is 4.53. The summed E-state index contributed by atoms with van der Waals surface area (Å²) in [5.41, 5.74) is 4.08. The minimum absolute atomic E-state index is 0.0276. The number of hydrazone groups is 1. The van der Waals surface area contributed by atoms with E-state index in [0.29, 0.717) is 11.3 Å². The number of furan rings is 1. The number of rotatable bonds is 8. The maximum absolute atomic E-state index is 12.1. The summed E-state index contributed by atoms with van der Waals surface area (Å²) in [5, 5.41) is 14.5. The summed E-state index contributed by atoms with van der Waals surface area (Å²) in [5.74, 6) is -1.45. The van der Waals surface area contributed by atoms with E-state index in [1.165, 1.54) is 18.3 Å². The largest absolute Gasteiger partial charge is 0.484 e. The van der Waals surface area contributed by atoms with E-state index in [-0.39, 0.29) is 23.5 Å². The standard InChI is InChI=1S/C24H23N3O7/c1-24(2,3)17-7-9-18(10-8-17)32-15-21(28)26-25-14-16-5-4-6-19(13-16)33-23(29)20-11-12-22(34-20)27(30)31/h4-14H,15H2,1-3H3,(H,26,28). The number of hydrogen-bond acceptors (Lipinski definition) is 8. The fourth-order valence-electron chi connectivity index (χ4n) is 2.76. The summed E-state index contributed by atoms with van der Waals surface area (Å²) in [6.07, 6.45) is 1.37. The van der Waals surface area contributed by atoms with E-state index in [4.69, 9.17) is 13.9 Å². The predicted octanol–water partition coefficient (Wildman–Crippen LogP) is 4.23. The number of carbonyl (C=O) groups excluding carboxylic acids is 2. The quantitative estimate of drug-likeness (QED) is 0.173. The van der Waals surface area contributed by atoms with E-state index in [1.807, 2.05) is 24.3 Å². The van der Waals surface area contributed by atoms with Crippen molar-refractivity contribution in [1.29, 1.82) is 0 Å². The molecule has 34 heavy (non-hydrogen) atoms. The van der Waals surface area contributed by atoms with Crippen LogP contribution < -0.4 is 14.9 Å². The third kappa shape index (κ3) is 6.76. The van der Waals surface area contributed by atoms with Gasteiger partial charge in [-0.05, 0) is 46.9 Å². The SMILES string of the molecule is CC(C)(C)c1ccc(OCC(=O)NN=Cc2cccc(OC(=O)c3ccc([N+](=O)[O-])o3)c2)cc1. The Kier molecular flexibility index (Phi) is 7.42. The molecule has 1 amide bonds.